The number of hydrogen-bond donors (Lipinski definition) is 1. The summed E-state index contributed by atoms with van der Waals surface area (Å²) in [7, 11) is 1.62. The second-order valence-corrected chi connectivity index (χ2v) is 12.1. The molecular formula is C30H44N2O10. The van der Waals surface area contributed by atoms with Crippen LogP contribution in [0, 0.1) is 5.92 Å². The number of hydrogen-bond acceptors (Lipinski definition) is 10. The van der Waals surface area contributed by atoms with E-state index in [1.165, 1.54) is 5.57 Å². The van der Waals surface area contributed by atoms with E-state index < -0.39 is 35.5 Å². The molecule has 4 aliphatic rings. The van der Waals surface area contributed by atoms with Gasteiger partial charge in [0.15, 0.2) is 0 Å². The summed E-state index contributed by atoms with van der Waals surface area (Å²) in [5.74, 6) is -2.48. The highest BCUT2D eigenvalue weighted by molar-refractivity contribution is 6.01. The van der Waals surface area contributed by atoms with E-state index in [2.05, 4.69) is 32.2 Å². The fraction of sp³-hybridized carbons (Fsp3) is 0.767. The van der Waals surface area contributed by atoms with Crippen molar-refractivity contribution in [2.75, 3.05) is 20.3 Å². The molecule has 6 atom stereocenters. The highest BCUT2D eigenvalue weighted by Gasteiger charge is 2.72. The summed E-state index contributed by atoms with van der Waals surface area (Å²) in [6, 6.07) is 0. The van der Waals surface area contributed by atoms with Gasteiger partial charge in [-0.05, 0) is 52.9 Å². The third-order valence-electron chi connectivity index (χ3n) is 8.68. The Hall–Kier alpha value is -2.83. The van der Waals surface area contributed by atoms with Gasteiger partial charge in [0.25, 0.3) is 11.8 Å². The molecule has 3 amide bonds. The van der Waals surface area contributed by atoms with E-state index in [1.807, 2.05) is 0 Å². The summed E-state index contributed by atoms with van der Waals surface area (Å²) in [6.45, 7) is 6.63. The molecular weight excluding hydrogens is 548 g/mol. The van der Waals surface area contributed by atoms with Gasteiger partial charge in [0.1, 0.15) is 30.0 Å². The van der Waals surface area contributed by atoms with E-state index in [4.69, 9.17) is 23.8 Å². The maximum Gasteiger partial charge on any atom is 0.333 e. The molecule has 3 saturated heterocycles. The number of hydroxylamine groups is 2. The van der Waals surface area contributed by atoms with Gasteiger partial charge in [0, 0.05) is 32.8 Å². The molecule has 1 aliphatic carbocycles. The number of imide groups is 1. The van der Waals surface area contributed by atoms with Crippen molar-refractivity contribution in [3.05, 3.63) is 11.6 Å². The lowest BCUT2D eigenvalue weighted by Crippen LogP contribution is -2.56. The minimum absolute atomic E-state index is 0.0586. The van der Waals surface area contributed by atoms with Crippen molar-refractivity contribution in [1.82, 2.24) is 10.4 Å². The van der Waals surface area contributed by atoms with Crippen LogP contribution in [-0.2, 0) is 47.8 Å². The number of esters is 1. The van der Waals surface area contributed by atoms with Gasteiger partial charge >= 0.3 is 11.9 Å². The SMILES string of the molecule is CO[C@@H]1[C@H](OC(=O)CNC(=O)CCCCCCC(=O)ON2C(=O)CCC2=O)CC[C@]2(CO2)[C@H]1[C@@]1(C)O[C@@H]1CC=C(C)C. The quantitative estimate of drug-likeness (QED) is 0.0987. The number of methoxy groups -OCH3 is 1. The minimum Gasteiger partial charge on any atom is -0.458 e. The van der Waals surface area contributed by atoms with Crippen LogP contribution in [0.3, 0.4) is 0 Å². The van der Waals surface area contributed by atoms with Gasteiger partial charge in [-0.2, -0.15) is 0 Å². The lowest BCUT2D eigenvalue weighted by Gasteiger charge is -2.42. The molecule has 0 bridgehead atoms. The third-order valence-corrected chi connectivity index (χ3v) is 8.68. The summed E-state index contributed by atoms with van der Waals surface area (Å²) < 4.78 is 23.8. The molecule has 0 unspecified atom stereocenters. The van der Waals surface area contributed by atoms with Gasteiger partial charge in [0.05, 0.1) is 18.6 Å². The maximum absolute atomic E-state index is 12.7. The first-order valence-corrected chi connectivity index (χ1v) is 15.0. The molecule has 0 aromatic carbocycles. The van der Waals surface area contributed by atoms with Gasteiger partial charge in [-0.15, -0.1) is 5.06 Å². The van der Waals surface area contributed by atoms with Crippen LogP contribution >= 0.6 is 0 Å². The van der Waals surface area contributed by atoms with Crippen LogP contribution in [0.1, 0.15) is 91.4 Å². The van der Waals surface area contributed by atoms with Crippen molar-refractivity contribution in [2.45, 2.75) is 121 Å². The van der Waals surface area contributed by atoms with E-state index >= 15 is 0 Å². The fourth-order valence-corrected chi connectivity index (χ4v) is 6.25. The first-order valence-electron chi connectivity index (χ1n) is 15.0. The number of unbranched alkanes of at least 4 members (excludes halogenated alkanes) is 3. The molecule has 42 heavy (non-hydrogen) atoms. The average molecular weight is 593 g/mol. The predicted octanol–water partition coefficient (Wildman–Crippen LogP) is 2.67. The molecule has 0 aromatic rings. The highest BCUT2D eigenvalue weighted by atomic mass is 16.7. The van der Waals surface area contributed by atoms with E-state index in [1.54, 1.807) is 7.11 Å². The standard InChI is InChI=1S/C30H44N2O10/c1-19(2)11-12-21-29(3,41-21)28-27(38-4)20(15-16-30(28)18-39-30)40-26(37)17-31-22(33)9-7-5-6-8-10-25(36)42-32-23(34)13-14-24(32)35/h11,20-21,27-28H,5-10,12-18H2,1-4H3,(H,31,33)/t20-,21-,27-,28-,29+,30+/m1/s1. The van der Waals surface area contributed by atoms with Crippen molar-refractivity contribution < 1.29 is 47.8 Å². The van der Waals surface area contributed by atoms with Crippen LogP contribution in [0.4, 0.5) is 0 Å². The van der Waals surface area contributed by atoms with Gasteiger partial charge < -0.3 is 29.1 Å². The van der Waals surface area contributed by atoms with Gasteiger partial charge in [-0.25, -0.2) is 4.79 Å². The van der Waals surface area contributed by atoms with E-state index in [9.17, 15) is 24.0 Å². The van der Waals surface area contributed by atoms with E-state index in [-0.39, 0.29) is 61.9 Å². The minimum atomic E-state index is -0.628. The number of epoxide rings is 2. The molecule has 4 rings (SSSR count). The molecule has 1 spiro atoms. The number of allylic oxidation sites excluding steroid dienone is 1. The molecule has 0 radical (unpaired) electrons. The number of carbonyl (C=O) groups excluding carboxylic acids is 5. The number of carbonyl (C=O) groups is 5. The number of ether oxygens (including phenoxy) is 4. The maximum atomic E-state index is 12.7. The summed E-state index contributed by atoms with van der Waals surface area (Å²) in [5, 5.41) is 3.17. The van der Waals surface area contributed by atoms with Crippen LogP contribution in [0.25, 0.3) is 0 Å². The monoisotopic (exact) mass is 592 g/mol. The summed E-state index contributed by atoms with van der Waals surface area (Å²) in [4.78, 5) is 64.6. The smallest absolute Gasteiger partial charge is 0.333 e. The second-order valence-electron chi connectivity index (χ2n) is 12.1. The van der Waals surface area contributed by atoms with Crippen LogP contribution in [-0.4, -0.2) is 84.5 Å². The van der Waals surface area contributed by atoms with E-state index in [0.29, 0.717) is 43.8 Å². The summed E-state index contributed by atoms with van der Waals surface area (Å²) in [5.41, 5.74) is 0.507. The molecule has 0 aromatic heterocycles. The van der Waals surface area contributed by atoms with Crippen molar-refractivity contribution in [3.63, 3.8) is 0 Å². The Balaban J connectivity index is 1.12. The fourth-order valence-electron chi connectivity index (χ4n) is 6.25. The molecule has 3 heterocycles. The van der Waals surface area contributed by atoms with Crippen LogP contribution in [0.5, 0.6) is 0 Å². The lowest BCUT2D eigenvalue weighted by atomic mass is 9.68. The number of nitrogens with one attached hydrogen (secondary N) is 1. The van der Waals surface area contributed by atoms with Gasteiger partial charge in [0.2, 0.25) is 5.91 Å². The zero-order chi connectivity index (χ0) is 30.5. The molecule has 234 valence electrons. The predicted molar refractivity (Wildman–Crippen MR) is 147 cm³/mol. The van der Waals surface area contributed by atoms with Gasteiger partial charge in [-0.3, -0.25) is 19.2 Å². The lowest BCUT2D eigenvalue weighted by molar-refractivity contribution is -0.197. The highest BCUT2D eigenvalue weighted by Crippen LogP contribution is 2.59. The molecule has 1 saturated carbocycles. The van der Waals surface area contributed by atoms with Crippen molar-refractivity contribution in [2.24, 2.45) is 5.92 Å². The Bertz CT molecular complexity index is 1070. The van der Waals surface area contributed by atoms with Crippen molar-refractivity contribution in [1.29, 1.82) is 0 Å². The normalized spacial score (nSPS) is 31.6. The third kappa shape index (κ3) is 7.76. The molecule has 12 nitrogen and oxygen atoms in total. The largest absolute Gasteiger partial charge is 0.458 e. The second kappa shape index (κ2) is 13.6. The summed E-state index contributed by atoms with van der Waals surface area (Å²) >= 11 is 0. The first-order chi connectivity index (χ1) is 20.0. The average Bonchev–Trinajstić information content (AvgIpc) is 3.84. The Morgan fingerprint density at radius 3 is 2.33 bits per heavy atom. The Labute approximate surface area is 246 Å². The van der Waals surface area contributed by atoms with Gasteiger partial charge in [-0.1, -0.05) is 24.5 Å². The van der Waals surface area contributed by atoms with Crippen molar-refractivity contribution >= 4 is 29.7 Å². The van der Waals surface area contributed by atoms with Crippen LogP contribution in [0.15, 0.2) is 11.6 Å². The zero-order valence-electron chi connectivity index (χ0n) is 25.1. The molecule has 12 heteroatoms. The van der Waals surface area contributed by atoms with Crippen LogP contribution in [0.2, 0.25) is 0 Å². The number of amides is 3. The first kappa shape index (κ1) is 32.1. The van der Waals surface area contributed by atoms with Crippen LogP contribution < -0.4 is 5.32 Å². The topological polar surface area (TPSA) is 153 Å². The van der Waals surface area contributed by atoms with E-state index in [0.717, 1.165) is 12.8 Å². The Kier molecular flexibility index (Phi) is 10.4. The molecule has 1 N–H and O–H groups in total. The zero-order valence-corrected chi connectivity index (χ0v) is 25.1. The number of rotatable bonds is 15. The Morgan fingerprint density at radius 1 is 1.05 bits per heavy atom. The summed E-state index contributed by atoms with van der Waals surface area (Å²) in [6.07, 6.45) is 6.48. The number of nitrogens with zero attached hydrogens (tertiary/aromatic N) is 1. The molecule has 4 fully saturated rings. The molecule has 3 aliphatic heterocycles. The van der Waals surface area contributed by atoms with Crippen molar-refractivity contribution in [3.8, 4) is 0 Å². The Morgan fingerprint density at radius 2 is 1.71 bits per heavy atom.